The summed E-state index contributed by atoms with van der Waals surface area (Å²) in [6.07, 6.45) is 0.963. The molecule has 13 heteroatoms. The van der Waals surface area contributed by atoms with Crippen molar-refractivity contribution in [2.45, 2.75) is 31.0 Å². The number of fused-ring (bicyclic) bond motifs is 1. The first-order valence-corrected chi connectivity index (χ1v) is 11.8. The van der Waals surface area contributed by atoms with E-state index in [-0.39, 0.29) is 40.1 Å². The number of hydrogen-bond donors (Lipinski definition) is 2. The molecule has 1 atom stereocenters. The topological polar surface area (TPSA) is 96.4 Å². The average molecular weight is 543 g/mol. The molecule has 2 aliphatic rings. The van der Waals surface area contributed by atoms with Gasteiger partial charge in [-0.3, -0.25) is 10.4 Å². The van der Waals surface area contributed by atoms with E-state index in [1.165, 1.54) is 46.4 Å². The lowest BCUT2D eigenvalue weighted by molar-refractivity contribution is -0.140. The number of carbonyl (C=O) groups is 1. The Labute approximate surface area is 216 Å². The Bertz CT molecular complexity index is 1620. The van der Waals surface area contributed by atoms with Gasteiger partial charge in [0.1, 0.15) is 11.4 Å². The fraction of sp³-hybridized carbons (Fsp3) is 0.192. The minimum absolute atomic E-state index is 0.104. The number of aliphatic carboxylic acids is 1. The highest BCUT2D eigenvalue weighted by atomic mass is 19.4. The van der Waals surface area contributed by atoms with Gasteiger partial charge in [0.25, 0.3) is 0 Å². The van der Waals surface area contributed by atoms with E-state index in [4.69, 9.17) is 4.52 Å². The Morgan fingerprint density at radius 3 is 2.67 bits per heavy atom. The number of carboxylic acid groups (broad SMARTS) is 1. The van der Waals surface area contributed by atoms with E-state index in [1.807, 2.05) is 0 Å². The second-order valence-electron chi connectivity index (χ2n) is 9.19. The van der Waals surface area contributed by atoms with E-state index in [2.05, 4.69) is 15.6 Å². The molecule has 2 aromatic carbocycles. The summed E-state index contributed by atoms with van der Waals surface area (Å²) in [6.45, 7) is 0. The monoisotopic (exact) mass is 543 g/mol. The molecule has 8 nitrogen and oxygen atoms in total. The molecule has 3 heterocycles. The minimum Gasteiger partial charge on any atom is -0.479 e. The Kier molecular flexibility index (Phi) is 5.66. The van der Waals surface area contributed by atoms with Crippen LogP contribution >= 0.6 is 0 Å². The number of hydrogen-bond acceptors (Lipinski definition) is 6. The van der Waals surface area contributed by atoms with Gasteiger partial charge < -0.3 is 14.2 Å². The normalized spacial score (nSPS) is 15.7. The Morgan fingerprint density at radius 1 is 1.15 bits per heavy atom. The molecular weight excluding hydrogens is 525 g/mol. The molecule has 0 radical (unpaired) electrons. The van der Waals surface area contributed by atoms with Crippen molar-refractivity contribution in [3.8, 4) is 11.3 Å². The molecule has 1 saturated carbocycles. The van der Waals surface area contributed by atoms with Crippen LogP contribution < -0.4 is 10.4 Å². The summed E-state index contributed by atoms with van der Waals surface area (Å²) in [6, 6.07) is 7.28. The number of rotatable bonds is 6. The predicted molar refractivity (Wildman–Crippen MR) is 128 cm³/mol. The zero-order valence-electron chi connectivity index (χ0n) is 19.8. The first kappa shape index (κ1) is 24.6. The van der Waals surface area contributed by atoms with Crippen molar-refractivity contribution in [1.29, 1.82) is 0 Å². The highest BCUT2D eigenvalue weighted by molar-refractivity contribution is 5.79. The van der Waals surface area contributed by atoms with Crippen molar-refractivity contribution < 1.29 is 36.4 Å². The van der Waals surface area contributed by atoms with Crippen LogP contribution in [0, 0.1) is 11.6 Å². The second kappa shape index (κ2) is 8.96. The maximum Gasteiger partial charge on any atom is 0.417 e. The maximum absolute atomic E-state index is 14.2. The molecule has 0 bridgehead atoms. The highest BCUT2D eigenvalue weighted by Gasteiger charge is 2.37. The molecular formula is C26H18F5N5O3. The first-order chi connectivity index (χ1) is 18.6. The van der Waals surface area contributed by atoms with Crippen molar-refractivity contribution in [3.05, 3.63) is 89.2 Å². The van der Waals surface area contributed by atoms with Crippen molar-refractivity contribution in [1.82, 2.24) is 14.7 Å². The van der Waals surface area contributed by atoms with Crippen molar-refractivity contribution in [2.75, 3.05) is 10.4 Å². The maximum atomic E-state index is 14.2. The number of alkyl halides is 3. The SMILES string of the molecule is O=C(O)C(c1cc(-c2ccc(C3CC3)cc2C(F)(F)F)no1)n1cnc2c1C=CN(c1cccc(F)c1F)N2. The van der Waals surface area contributed by atoms with Crippen LogP contribution in [0.15, 0.2) is 59.5 Å². The first-order valence-electron chi connectivity index (χ1n) is 11.8. The standard InChI is InChI=1S/C26H18F5N5O3/c27-17-2-1-3-19(22(17)28)36-9-8-20-24(33-36)32-12-35(20)23(25(37)38)21-11-18(34-39-21)15-7-6-14(13-4-5-13)10-16(15)26(29,30)31/h1-3,6-13,23,33H,4-5H2,(H,37,38). The molecule has 200 valence electrons. The number of benzene rings is 2. The highest BCUT2D eigenvalue weighted by Crippen LogP contribution is 2.45. The van der Waals surface area contributed by atoms with Crippen LogP contribution in [-0.2, 0) is 11.0 Å². The number of nitrogens with one attached hydrogen (secondary N) is 1. The molecule has 1 aliphatic heterocycles. The van der Waals surface area contributed by atoms with E-state index in [0.29, 0.717) is 5.56 Å². The zero-order valence-corrected chi connectivity index (χ0v) is 19.8. The van der Waals surface area contributed by atoms with Crippen molar-refractivity contribution >= 4 is 23.6 Å². The number of carboxylic acids is 1. The largest absolute Gasteiger partial charge is 0.479 e. The van der Waals surface area contributed by atoms with Crippen LogP contribution in [-0.4, -0.2) is 25.8 Å². The van der Waals surface area contributed by atoms with Crippen LogP contribution in [0.4, 0.5) is 33.5 Å². The molecule has 1 unspecified atom stereocenters. The smallest absolute Gasteiger partial charge is 0.417 e. The lowest BCUT2D eigenvalue weighted by Crippen LogP contribution is -2.29. The third kappa shape index (κ3) is 4.39. The van der Waals surface area contributed by atoms with Gasteiger partial charge in [0.2, 0.25) is 0 Å². The molecule has 2 N–H and O–H groups in total. The summed E-state index contributed by atoms with van der Waals surface area (Å²) in [4.78, 5) is 16.4. The zero-order chi connectivity index (χ0) is 27.5. The molecule has 1 fully saturated rings. The Balaban J connectivity index is 1.34. The quantitative estimate of drug-likeness (QED) is 0.280. The lowest BCUT2D eigenvalue weighted by atomic mass is 9.98. The van der Waals surface area contributed by atoms with Crippen LogP contribution in [0.5, 0.6) is 0 Å². The summed E-state index contributed by atoms with van der Waals surface area (Å²) in [5, 5.41) is 14.9. The summed E-state index contributed by atoms with van der Waals surface area (Å²) in [5.41, 5.74) is 2.20. The Hall–Kier alpha value is -4.68. The number of halogens is 5. The third-order valence-corrected chi connectivity index (χ3v) is 6.61. The van der Waals surface area contributed by atoms with Crippen molar-refractivity contribution in [3.63, 3.8) is 0 Å². The van der Waals surface area contributed by atoms with Gasteiger partial charge in [-0.1, -0.05) is 23.4 Å². The number of aromatic nitrogens is 3. The van der Waals surface area contributed by atoms with Gasteiger partial charge in [-0.2, -0.15) is 13.2 Å². The van der Waals surface area contributed by atoms with Gasteiger partial charge in [0.15, 0.2) is 29.3 Å². The van der Waals surface area contributed by atoms with Crippen LogP contribution in [0.3, 0.4) is 0 Å². The van der Waals surface area contributed by atoms with E-state index in [0.717, 1.165) is 31.0 Å². The van der Waals surface area contributed by atoms with Crippen LogP contribution in [0.25, 0.3) is 17.3 Å². The fourth-order valence-electron chi connectivity index (χ4n) is 4.56. The lowest BCUT2D eigenvalue weighted by Gasteiger charge is -2.26. The molecule has 0 amide bonds. The number of hydrazine groups is 1. The predicted octanol–water partition coefficient (Wildman–Crippen LogP) is 6.20. The van der Waals surface area contributed by atoms with Gasteiger partial charge in [-0.15, -0.1) is 0 Å². The van der Waals surface area contributed by atoms with E-state index < -0.39 is 35.4 Å². The van der Waals surface area contributed by atoms with Gasteiger partial charge in [0.05, 0.1) is 17.6 Å². The van der Waals surface area contributed by atoms with Crippen molar-refractivity contribution in [2.24, 2.45) is 0 Å². The average Bonchev–Trinajstić information content (AvgIpc) is 3.51. The van der Waals surface area contributed by atoms with E-state index >= 15 is 0 Å². The number of nitrogens with zero attached hydrogens (tertiary/aromatic N) is 4. The molecule has 0 saturated heterocycles. The molecule has 0 spiro atoms. The van der Waals surface area contributed by atoms with Crippen LogP contribution in [0.1, 0.15) is 47.4 Å². The molecule has 4 aromatic rings. The van der Waals surface area contributed by atoms with Gasteiger partial charge >= 0.3 is 12.1 Å². The molecule has 39 heavy (non-hydrogen) atoms. The summed E-state index contributed by atoms with van der Waals surface area (Å²) in [5.74, 6) is -3.54. The number of imidazole rings is 1. The molecule has 1 aliphatic carbocycles. The number of anilines is 2. The second-order valence-corrected chi connectivity index (χ2v) is 9.19. The van der Waals surface area contributed by atoms with Gasteiger partial charge in [0, 0.05) is 17.8 Å². The molecule has 6 rings (SSSR count). The van der Waals surface area contributed by atoms with Gasteiger partial charge in [-0.05, 0) is 48.6 Å². The van der Waals surface area contributed by atoms with Crippen LogP contribution in [0.2, 0.25) is 0 Å². The van der Waals surface area contributed by atoms with Gasteiger partial charge in [-0.25, -0.2) is 18.6 Å². The summed E-state index contributed by atoms with van der Waals surface area (Å²) in [7, 11) is 0. The fourth-order valence-corrected chi connectivity index (χ4v) is 4.56. The Morgan fingerprint density at radius 2 is 1.95 bits per heavy atom. The van der Waals surface area contributed by atoms with E-state index in [1.54, 1.807) is 6.07 Å². The third-order valence-electron chi connectivity index (χ3n) is 6.61. The minimum atomic E-state index is -4.65. The summed E-state index contributed by atoms with van der Waals surface area (Å²) < 4.78 is 76.0. The van der Waals surface area contributed by atoms with E-state index in [9.17, 15) is 31.9 Å². The molecule has 2 aromatic heterocycles. The summed E-state index contributed by atoms with van der Waals surface area (Å²) >= 11 is 0.